The average molecular weight is 421 g/mol. The molecule has 0 unspecified atom stereocenters. The highest BCUT2D eigenvalue weighted by molar-refractivity contribution is 6.45. The fourth-order valence-corrected chi connectivity index (χ4v) is 3.81. The van der Waals surface area contributed by atoms with E-state index in [1.54, 1.807) is 29.2 Å². The first-order valence-electron chi connectivity index (χ1n) is 9.87. The predicted molar refractivity (Wildman–Crippen MR) is 112 cm³/mol. The van der Waals surface area contributed by atoms with Crippen LogP contribution < -0.4 is 0 Å². The smallest absolute Gasteiger partial charge is 0.295 e. The summed E-state index contributed by atoms with van der Waals surface area (Å²) in [5.74, 6) is -2.71. The van der Waals surface area contributed by atoms with Crippen LogP contribution in [0.2, 0.25) is 0 Å². The summed E-state index contributed by atoms with van der Waals surface area (Å²) in [5.41, 5.74) is 0.898. The molecular weight excluding hydrogens is 401 g/mol. The molecule has 0 bridgehead atoms. The minimum absolute atomic E-state index is 0.0658. The van der Waals surface area contributed by atoms with E-state index in [-0.39, 0.29) is 46.8 Å². The van der Waals surface area contributed by atoms with Crippen molar-refractivity contribution in [2.24, 2.45) is 0 Å². The number of H-pyrrole nitrogens is 1. The number of hydrogen-bond acceptors (Lipinski definition) is 4. The van der Waals surface area contributed by atoms with E-state index in [4.69, 9.17) is 0 Å². The lowest BCUT2D eigenvalue weighted by atomic mass is 10.0. The van der Waals surface area contributed by atoms with Gasteiger partial charge in [-0.1, -0.05) is 18.2 Å². The normalized spacial score (nSPS) is 14.0. The van der Waals surface area contributed by atoms with Gasteiger partial charge < -0.3 is 14.8 Å². The van der Waals surface area contributed by atoms with Crippen LogP contribution in [0, 0.1) is 5.82 Å². The van der Waals surface area contributed by atoms with Gasteiger partial charge in [-0.3, -0.25) is 19.2 Å². The van der Waals surface area contributed by atoms with Gasteiger partial charge in [0.25, 0.3) is 17.6 Å². The summed E-state index contributed by atoms with van der Waals surface area (Å²) in [6.45, 7) is 2.34. The van der Waals surface area contributed by atoms with Crippen molar-refractivity contribution in [3.05, 3.63) is 71.2 Å². The van der Waals surface area contributed by atoms with E-state index in [2.05, 4.69) is 4.98 Å². The molecule has 4 rings (SSSR count). The number of halogens is 1. The maximum atomic E-state index is 14.4. The highest BCUT2D eigenvalue weighted by Gasteiger charge is 2.31. The molecule has 8 heteroatoms. The van der Waals surface area contributed by atoms with E-state index in [1.165, 1.54) is 24.1 Å². The van der Waals surface area contributed by atoms with Gasteiger partial charge in [-0.2, -0.15) is 0 Å². The summed E-state index contributed by atoms with van der Waals surface area (Å²) in [4.78, 5) is 55.7. The molecule has 1 fully saturated rings. The molecule has 0 spiro atoms. The van der Waals surface area contributed by atoms with Crippen LogP contribution in [0.4, 0.5) is 4.39 Å². The first-order chi connectivity index (χ1) is 14.9. The Hall–Kier alpha value is -3.81. The van der Waals surface area contributed by atoms with Gasteiger partial charge >= 0.3 is 0 Å². The SMILES string of the molecule is CC(=O)c1ccc(F)c2c(C(=O)C(=O)N3CCN(C(=O)c4ccccc4)CC3)c[nH]c12. The number of carbonyl (C=O) groups is 4. The van der Waals surface area contributed by atoms with Gasteiger partial charge in [0.15, 0.2) is 5.78 Å². The molecule has 2 aromatic carbocycles. The molecule has 1 saturated heterocycles. The molecule has 158 valence electrons. The van der Waals surface area contributed by atoms with Crippen LogP contribution in [0.15, 0.2) is 48.7 Å². The van der Waals surface area contributed by atoms with E-state index in [1.807, 2.05) is 6.07 Å². The van der Waals surface area contributed by atoms with Crippen LogP contribution in [-0.4, -0.2) is 64.3 Å². The number of ketones is 2. The molecule has 2 amide bonds. The van der Waals surface area contributed by atoms with E-state index in [0.29, 0.717) is 18.7 Å². The number of rotatable bonds is 4. The molecule has 31 heavy (non-hydrogen) atoms. The van der Waals surface area contributed by atoms with Crippen LogP contribution in [0.25, 0.3) is 10.9 Å². The Balaban J connectivity index is 1.50. The zero-order valence-corrected chi connectivity index (χ0v) is 16.9. The van der Waals surface area contributed by atoms with Crippen molar-refractivity contribution in [3.8, 4) is 0 Å². The molecule has 2 heterocycles. The molecule has 3 aromatic rings. The maximum absolute atomic E-state index is 14.4. The lowest BCUT2D eigenvalue weighted by Crippen LogP contribution is -2.52. The summed E-state index contributed by atoms with van der Waals surface area (Å²) in [6, 6.07) is 11.3. The van der Waals surface area contributed by atoms with E-state index >= 15 is 0 Å². The summed E-state index contributed by atoms with van der Waals surface area (Å²) < 4.78 is 14.4. The lowest BCUT2D eigenvalue weighted by Gasteiger charge is -2.34. The zero-order chi connectivity index (χ0) is 22.1. The summed E-state index contributed by atoms with van der Waals surface area (Å²) >= 11 is 0. The lowest BCUT2D eigenvalue weighted by molar-refractivity contribution is -0.127. The third-order valence-electron chi connectivity index (χ3n) is 5.48. The fraction of sp³-hybridized carbons (Fsp3) is 0.217. The Bertz CT molecular complexity index is 1190. The summed E-state index contributed by atoms with van der Waals surface area (Å²) in [6.07, 6.45) is 1.26. The largest absolute Gasteiger partial charge is 0.360 e. The number of aromatic amines is 1. The minimum atomic E-state index is -0.853. The number of carbonyl (C=O) groups excluding carboxylic acids is 4. The van der Waals surface area contributed by atoms with Crippen molar-refractivity contribution in [2.75, 3.05) is 26.2 Å². The average Bonchev–Trinajstić information content (AvgIpc) is 3.24. The minimum Gasteiger partial charge on any atom is -0.360 e. The van der Waals surface area contributed by atoms with E-state index in [9.17, 15) is 23.6 Å². The van der Waals surface area contributed by atoms with Gasteiger partial charge in [0.05, 0.1) is 11.1 Å². The van der Waals surface area contributed by atoms with E-state index in [0.717, 1.165) is 6.07 Å². The molecule has 0 radical (unpaired) electrons. The fourth-order valence-electron chi connectivity index (χ4n) is 3.81. The highest BCUT2D eigenvalue weighted by Crippen LogP contribution is 2.26. The number of hydrogen-bond donors (Lipinski definition) is 1. The van der Waals surface area contributed by atoms with E-state index < -0.39 is 17.5 Å². The van der Waals surface area contributed by atoms with Crippen LogP contribution >= 0.6 is 0 Å². The molecule has 1 N–H and O–H groups in total. The Morgan fingerprint density at radius 2 is 1.52 bits per heavy atom. The second kappa shape index (κ2) is 8.14. The van der Waals surface area contributed by atoms with Gasteiger partial charge in [0, 0.05) is 48.9 Å². The van der Waals surface area contributed by atoms with Crippen LogP contribution in [-0.2, 0) is 4.79 Å². The van der Waals surface area contributed by atoms with Gasteiger partial charge in [-0.25, -0.2) is 4.39 Å². The topological polar surface area (TPSA) is 90.6 Å². The van der Waals surface area contributed by atoms with Gasteiger partial charge in [0.2, 0.25) is 0 Å². The number of piperazine rings is 1. The predicted octanol–water partition coefficient (Wildman–Crippen LogP) is 2.68. The molecule has 0 saturated carbocycles. The standard InChI is InChI=1S/C23H20FN3O4/c1-14(28)16-7-8-18(24)19-17(13-25-20(16)19)21(29)23(31)27-11-9-26(10-12-27)22(30)15-5-3-2-4-6-15/h2-8,13,25H,9-12H2,1H3. The Morgan fingerprint density at radius 3 is 2.16 bits per heavy atom. The third-order valence-corrected chi connectivity index (χ3v) is 5.48. The quantitative estimate of drug-likeness (QED) is 0.518. The number of aromatic nitrogens is 1. The number of amides is 2. The molecule has 0 atom stereocenters. The first-order valence-corrected chi connectivity index (χ1v) is 9.87. The number of Topliss-reactive ketones (excluding diaryl/α,β-unsaturated/α-hetero) is 2. The highest BCUT2D eigenvalue weighted by atomic mass is 19.1. The summed E-state index contributed by atoms with van der Waals surface area (Å²) in [5, 5.41) is -0.0658. The van der Waals surface area contributed by atoms with Crippen molar-refractivity contribution >= 4 is 34.3 Å². The Morgan fingerprint density at radius 1 is 0.871 bits per heavy atom. The Labute approximate surface area is 177 Å². The molecule has 7 nitrogen and oxygen atoms in total. The maximum Gasteiger partial charge on any atom is 0.295 e. The van der Waals surface area contributed by atoms with Crippen molar-refractivity contribution < 1.29 is 23.6 Å². The van der Waals surface area contributed by atoms with Crippen molar-refractivity contribution in [3.63, 3.8) is 0 Å². The molecule has 1 aliphatic heterocycles. The van der Waals surface area contributed by atoms with Crippen molar-refractivity contribution in [1.82, 2.24) is 14.8 Å². The number of benzene rings is 2. The van der Waals surface area contributed by atoms with Crippen molar-refractivity contribution in [2.45, 2.75) is 6.92 Å². The number of fused-ring (bicyclic) bond motifs is 1. The number of nitrogens with zero attached hydrogens (tertiary/aromatic N) is 2. The first kappa shape index (κ1) is 20.5. The van der Waals surface area contributed by atoms with Gasteiger partial charge in [-0.05, 0) is 31.2 Å². The van der Waals surface area contributed by atoms with Crippen LogP contribution in [0.1, 0.15) is 38.0 Å². The van der Waals surface area contributed by atoms with Crippen LogP contribution in [0.5, 0.6) is 0 Å². The van der Waals surface area contributed by atoms with Crippen LogP contribution in [0.3, 0.4) is 0 Å². The molecule has 0 aliphatic carbocycles. The molecule has 1 aliphatic rings. The summed E-state index contributed by atoms with van der Waals surface area (Å²) in [7, 11) is 0. The van der Waals surface area contributed by atoms with Crippen molar-refractivity contribution in [1.29, 1.82) is 0 Å². The molecule has 1 aromatic heterocycles. The zero-order valence-electron chi connectivity index (χ0n) is 16.9. The Kier molecular flexibility index (Phi) is 5.37. The second-order valence-electron chi connectivity index (χ2n) is 7.38. The number of nitrogens with one attached hydrogen (secondary N) is 1. The molecular formula is C23H20FN3O4. The third kappa shape index (κ3) is 3.72. The van der Waals surface area contributed by atoms with Gasteiger partial charge in [-0.15, -0.1) is 0 Å². The second-order valence-corrected chi connectivity index (χ2v) is 7.38. The monoisotopic (exact) mass is 421 g/mol. The van der Waals surface area contributed by atoms with Gasteiger partial charge in [0.1, 0.15) is 5.82 Å².